The van der Waals surface area contributed by atoms with E-state index in [1.165, 1.54) is 141 Å². The summed E-state index contributed by atoms with van der Waals surface area (Å²) in [6.45, 7) is 3.35. The number of rotatable bonds is 38. The van der Waals surface area contributed by atoms with Gasteiger partial charge in [-0.05, 0) is 64.2 Å². The third-order valence-corrected chi connectivity index (χ3v) is 11.4. The van der Waals surface area contributed by atoms with Crippen molar-refractivity contribution in [2.75, 3.05) is 19.8 Å². The summed E-state index contributed by atoms with van der Waals surface area (Å²) in [5, 5.41) is 41.9. The van der Waals surface area contributed by atoms with Crippen molar-refractivity contribution >= 4 is 17.2 Å². The molecular formula is C41H84O9P2. The van der Waals surface area contributed by atoms with Gasteiger partial charge >= 0.3 is 17.2 Å². The van der Waals surface area contributed by atoms with Gasteiger partial charge in [-0.3, -0.25) is 0 Å². The van der Waals surface area contributed by atoms with Crippen LogP contribution in [0.1, 0.15) is 206 Å². The summed E-state index contributed by atoms with van der Waals surface area (Å²) < 4.78 is 3.60. The van der Waals surface area contributed by atoms with Gasteiger partial charge in [-0.15, -0.1) is 0 Å². The second-order valence-electron chi connectivity index (χ2n) is 14.7. The van der Waals surface area contributed by atoms with Gasteiger partial charge in [-0.1, -0.05) is 167 Å². The molecule has 0 fully saturated rings. The molecule has 0 aliphatic rings. The maximum Gasteiger partial charge on any atom is 0.334 e. The van der Waals surface area contributed by atoms with Gasteiger partial charge < -0.3 is 40.0 Å². The lowest BCUT2D eigenvalue weighted by molar-refractivity contribution is -0.162. The van der Waals surface area contributed by atoms with Crippen LogP contribution in [0.5, 0.6) is 0 Å². The molecule has 9 nitrogen and oxygen atoms in total. The predicted molar refractivity (Wildman–Crippen MR) is 221 cm³/mol. The Kier molecular flexibility index (Phi) is 42.3. The number of aliphatic hydroxyl groups is 4. The molecule has 0 amide bonds. The topological polar surface area (TPSA) is 171 Å². The number of aliphatic hydroxyl groups excluding tert-OH is 3. The Hall–Kier alpha value is -0.0200. The minimum Gasteiger partial charge on any atom is -0.395 e. The summed E-state index contributed by atoms with van der Waals surface area (Å²) in [7, 11) is -5.22. The first-order chi connectivity index (χ1) is 25.2. The lowest BCUT2D eigenvalue weighted by Gasteiger charge is -2.44. The summed E-state index contributed by atoms with van der Waals surface area (Å²) in [6.07, 6.45) is 45.2. The van der Waals surface area contributed by atoms with Crippen molar-refractivity contribution in [2.24, 2.45) is 5.41 Å². The highest BCUT2D eigenvalue weighted by atomic mass is 31.2. The molecule has 0 saturated carbocycles. The fourth-order valence-electron chi connectivity index (χ4n) is 6.64. The molecule has 0 atom stereocenters. The van der Waals surface area contributed by atoms with E-state index in [-0.39, 0.29) is 0 Å². The molecule has 0 aliphatic heterocycles. The number of allylic oxidation sites excluding steroid dienone is 4. The van der Waals surface area contributed by atoms with E-state index < -0.39 is 48.0 Å². The van der Waals surface area contributed by atoms with Gasteiger partial charge in [0.15, 0.2) is 0 Å². The van der Waals surface area contributed by atoms with E-state index in [2.05, 4.69) is 42.5 Å². The molecule has 0 spiro atoms. The Balaban J connectivity index is 0. The van der Waals surface area contributed by atoms with E-state index in [1.54, 1.807) is 0 Å². The zero-order chi connectivity index (χ0) is 39.0. The van der Waals surface area contributed by atoms with E-state index in [1.807, 2.05) is 0 Å². The van der Waals surface area contributed by atoms with Crippen molar-refractivity contribution in [3.05, 3.63) is 24.3 Å². The van der Waals surface area contributed by atoms with Gasteiger partial charge in [0.05, 0.1) is 30.8 Å². The molecule has 0 bridgehead atoms. The minimum absolute atomic E-state index is 0.394. The van der Waals surface area contributed by atoms with Gasteiger partial charge in [0.1, 0.15) is 0 Å². The standard InChI is InChI=1S/C41H80O4.H4O5P2/c1-3-5-7-9-11-13-15-17-19-21-23-25-27-29-31-33-35-41(45,40(37-42,38-43)39-44)36-34-32-30-28-26-24-22-20-18-16-14-12-10-8-6-4-2;1-6(2)5-7(3)4/h17-20,42-45H,3-16,21-39H2,1-2H3;1-4H/b19-17-,20-18-;. The number of unbranched alkanes of at least 4 members (excludes halogenated alkanes) is 24. The normalized spacial score (nSPS) is 12.5. The van der Waals surface area contributed by atoms with E-state index >= 15 is 0 Å². The average Bonchev–Trinajstić information content (AvgIpc) is 3.12. The fourth-order valence-corrected chi connectivity index (χ4v) is 7.16. The van der Waals surface area contributed by atoms with Gasteiger partial charge in [0.25, 0.3) is 0 Å². The summed E-state index contributed by atoms with van der Waals surface area (Å²) >= 11 is 0. The van der Waals surface area contributed by atoms with Crippen LogP contribution in [0.2, 0.25) is 0 Å². The van der Waals surface area contributed by atoms with Crippen molar-refractivity contribution in [1.82, 2.24) is 0 Å². The molecule has 0 heterocycles. The van der Waals surface area contributed by atoms with Crippen LogP contribution in [0.15, 0.2) is 24.3 Å². The fraction of sp³-hybridized carbons (Fsp3) is 0.902. The van der Waals surface area contributed by atoms with Crippen molar-refractivity contribution in [3.8, 4) is 0 Å². The summed E-state index contributed by atoms with van der Waals surface area (Å²) in [4.78, 5) is 31.3. The second-order valence-corrected chi connectivity index (χ2v) is 16.4. The molecule has 0 aromatic carbocycles. The number of hydrogen-bond acceptors (Lipinski definition) is 9. The lowest BCUT2D eigenvalue weighted by Crippen LogP contribution is -2.55. The Labute approximate surface area is 322 Å². The largest absolute Gasteiger partial charge is 0.395 e. The Morgan fingerprint density at radius 1 is 0.404 bits per heavy atom. The average molecular weight is 783 g/mol. The van der Waals surface area contributed by atoms with Gasteiger partial charge in [-0.2, -0.15) is 0 Å². The first kappa shape index (κ1) is 54.1. The van der Waals surface area contributed by atoms with Crippen molar-refractivity contribution in [1.29, 1.82) is 0 Å². The molecule has 11 heteroatoms. The van der Waals surface area contributed by atoms with Crippen LogP contribution in [0.25, 0.3) is 0 Å². The first-order valence-electron chi connectivity index (χ1n) is 21.1. The van der Waals surface area contributed by atoms with Crippen LogP contribution in [-0.2, 0) is 4.31 Å². The van der Waals surface area contributed by atoms with Crippen LogP contribution in [0.4, 0.5) is 0 Å². The number of hydrogen-bond donors (Lipinski definition) is 8. The molecule has 0 saturated heterocycles. The van der Waals surface area contributed by atoms with E-state index in [4.69, 9.17) is 19.6 Å². The van der Waals surface area contributed by atoms with Crippen molar-refractivity contribution in [2.45, 2.75) is 212 Å². The van der Waals surface area contributed by atoms with Crippen LogP contribution in [0.3, 0.4) is 0 Å². The predicted octanol–water partition coefficient (Wildman–Crippen LogP) is 11.0. The molecule has 8 N–H and O–H groups in total. The van der Waals surface area contributed by atoms with Crippen LogP contribution >= 0.6 is 17.2 Å². The molecule has 0 rings (SSSR count). The molecule has 0 aromatic heterocycles. The van der Waals surface area contributed by atoms with Crippen molar-refractivity contribution < 1.29 is 44.3 Å². The zero-order valence-electron chi connectivity index (χ0n) is 33.5. The third kappa shape index (κ3) is 33.3. The highest BCUT2D eigenvalue weighted by molar-refractivity contribution is 7.53. The Bertz CT molecular complexity index is 708. The summed E-state index contributed by atoms with van der Waals surface area (Å²) in [5.74, 6) is 0. The monoisotopic (exact) mass is 783 g/mol. The maximum atomic E-state index is 11.7. The van der Waals surface area contributed by atoms with Crippen LogP contribution in [-0.4, -0.2) is 65.4 Å². The minimum atomic E-state index is -2.61. The molecule has 312 valence electrons. The van der Waals surface area contributed by atoms with Gasteiger partial charge in [0, 0.05) is 0 Å². The Morgan fingerprint density at radius 2 is 0.654 bits per heavy atom. The SMILES string of the molecule is CCCCCCCC/C=C\CCCCCCCCC(O)(CCCCCCCC/C=C\CCCCCCCC)C(CO)(CO)CO.OP(O)OP(O)O. The highest BCUT2D eigenvalue weighted by Gasteiger charge is 2.48. The molecule has 0 aliphatic carbocycles. The van der Waals surface area contributed by atoms with Gasteiger partial charge in [-0.25, -0.2) is 4.31 Å². The van der Waals surface area contributed by atoms with Crippen LogP contribution < -0.4 is 0 Å². The smallest absolute Gasteiger partial charge is 0.334 e. The van der Waals surface area contributed by atoms with Crippen molar-refractivity contribution in [3.63, 3.8) is 0 Å². The second kappa shape index (κ2) is 40.6. The summed E-state index contributed by atoms with van der Waals surface area (Å²) in [6, 6.07) is 0. The van der Waals surface area contributed by atoms with E-state index in [0.29, 0.717) is 12.8 Å². The molecular weight excluding hydrogens is 698 g/mol. The highest BCUT2D eigenvalue weighted by Crippen LogP contribution is 2.42. The molecule has 0 aromatic rings. The maximum absolute atomic E-state index is 11.7. The van der Waals surface area contributed by atoms with E-state index in [9.17, 15) is 20.4 Å². The summed E-state index contributed by atoms with van der Waals surface area (Å²) in [5.41, 5.74) is -2.47. The molecule has 0 unspecified atom stereocenters. The quantitative estimate of drug-likeness (QED) is 0.0172. The van der Waals surface area contributed by atoms with Gasteiger partial charge in [0.2, 0.25) is 0 Å². The van der Waals surface area contributed by atoms with Crippen LogP contribution in [0, 0.1) is 5.41 Å². The zero-order valence-corrected chi connectivity index (χ0v) is 35.3. The van der Waals surface area contributed by atoms with E-state index in [0.717, 1.165) is 38.5 Å². The Morgan fingerprint density at radius 3 is 0.885 bits per heavy atom. The molecule has 52 heavy (non-hydrogen) atoms. The lowest BCUT2D eigenvalue weighted by atomic mass is 9.68. The third-order valence-electron chi connectivity index (χ3n) is 10.2. The first-order valence-corrected chi connectivity index (χ1v) is 23.4. The molecule has 0 radical (unpaired) electrons.